The first-order valence-corrected chi connectivity index (χ1v) is 5.78. The molecule has 0 saturated heterocycles. The van der Waals surface area contributed by atoms with E-state index in [0.717, 1.165) is 0 Å². The summed E-state index contributed by atoms with van der Waals surface area (Å²) < 4.78 is 38.0. The maximum atomic E-state index is 12.7. The molecule has 1 N–H and O–H groups in total. The van der Waals surface area contributed by atoms with Crippen LogP contribution in [0.5, 0.6) is 0 Å². The highest BCUT2D eigenvalue weighted by atomic mass is 32.1. The molecule has 0 aliphatic heterocycles. The number of hydrogen-bond donors (Lipinski definition) is 1. The lowest BCUT2D eigenvalue weighted by Crippen LogP contribution is -2.11. The quantitative estimate of drug-likeness (QED) is 0.860. The zero-order valence-corrected chi connectivity index (χ0v) is 10.0. The molecule has 2 aromatic rings. The van der Waals surface area contributed by atoms with Gasteiger partial charge < -0.3 is 5.11 Å². The molecule has 0 atom stereocenters. The van der Waals surface area contributed by atoms with Gasteiger partial charge in [0.25, 0.3) is 0 Å². The van der Waals surface area contributed by atoms with Crippen molar-refractivity contribution in [3.8, 4) is 10.6 Å². The van der Waals surface area contributed by atoms with Crippen molar-refractivity contribution in [2.24, 2.45) is 0 Å². The molecule has 0 aliphatic rings. The number of aromatic carboxylic acids is 1. The van der Waals surface area contributed by atoms with Crippen LogP contribution in [0, 0.1) is 0 Å². The molecule has 2 rings (SSSR count). The topological polar surface area (TPSA) is 50.2 Å². The third-order valence-corrected chi connectivity index (χ3v) is 3.34. The zero-order chi connectivity index (χ0) is 14.2. The number of halogens is 3. The van der Waals surface area contributed by atoms with Crippen molar-refractivity contribution in [3.05, 3.63) is 34.8 Å². The number of nitrogens with zero attached hydrogens (tertiary/aromatic N) is 1. The number of carbonyl (C=O) groups is 1. The lowest BCUT2D eigenvalue weighted by Gasteiger charge is -2.02. The molecule has 0 bridgehead atoms. The Labute approximate surface area is 111 Å². The summed E-state index contributed by atoms with van der Waals surface area (Å²) in [5.41, 5.74) is -0.538. The maximum Gasteiger partial charge on any atom is 0.435 e. The van der Waals surface area contributed by atoms with Gasteiger partial charge in [-0.05, 0) is 0 Å². The van der Waals surface area contributed by atoms with Crippen LogP contribution in [-0.2, 0) is 6.18 Å². The van der Waals surface area contributed by atoms with Gasteiger partial charge in [-0.1, -0.05) is 29.7 Å². The van der Waals surface area contributed by atoms with E-state index in [1.54, 1.807) is 0 Å². The van der Waals surface area contributed by atoms with E-state index in [9.17, 15) is 18.0 Å². The van der Waals surface area contributed by atoms with E-state index < -0.39 is 22.7 Å². The first-order chi connectivity index (χ1) is 8.79. The van der Waals surface area contributed by atoms with Crippen molar-refractivity contribution in [1.82, 2.24) is 4.98 Å². The molecule has 8 heteroatoms. The predicted octanol–water partition coefficient (Wildman–Crippen LogP) is 2.32. The summed E-state index contributed by atoms with van der Waals surface area (Å²) in [6, 6.07) is 5.98. The Kier molecular flexibility index (Phi) is 3.36. The molecule has 1 aromatic heterocycles. The van der Waals surface area contributed by atoms with Crippen LogP contribution < -0.4 is 5.46 Å². The number of alkyl halides is 3. The maximum absolute atomic E-state index is 12.7. The highest BCUT2D eigenvalue weighted by Crippen LogP contribution is 2.37. The Morgan fingerprint density at radius 1 is 1.26 bits per heavy atom. The van der Waals surface area contributed by atoms with E-state index in [0.29, 0.717) is 22.4 Å². The van der Waals surface area contributed by atoms with Gasteiger partial charge in [0, 0.05) is 5.56 Å². The summed E-state index contributed by atoms with van der Waals surface area (Å²) >= 11 is 0.482. The van der Waals surface area contributed by atoms with Gasteiger partial charge >= 0.3 is 12.1 Å². The van der Waals surface area contributed by atoms with Crippen molar-refractivity contribution in [2.75, 3.05) is 0 Å². The lowest BCUT2D eigenvalue weighted by molar-refractivity contribution is -0.141. The Morgan fingerprint density at radius 3 is 2.26 bits per heavy atom. The normalized spacial score (nSPS) is 11.5. The number of benzene rings is 1. The van der Waals surface area contributed by atoms with Crippen molar-refractivity contribution in [2.45, 2.75) is 6.18 Å². The second-order valence-corrected chi connectivity index (χ2v) is 4.62. The van der Waals surface area contributed by atoms with E-state index in [-0.39, 0.29) is 5.01 Å². The number of thiazole rings is 1. The fraction of sp³-hybridized carbons (Fsp3) is 0.0909. The number of rotatable bonds is 2. The SMILES string of the molecule is [B]c1ccc(-c2nc(C(F)(F)F)c(C(=O)O)s2)cc1. The van der Waals surface area contributed by atoms with Crippen molar-refractivity contribution < 1.29 is 23.1 Å². The molecule has 0 amide bonds. The van der Waals surface area contributed by atoms with Crippen LogP contribution >= 0.6 is 11.3 Å². The summed E-state index contributed by atoms with van der Waals surface area (Å²) in [6.45, 7) is 0. The van der Waals surface area contributed by atoms with Gasteiger partial charge in [-0.3, -0.25) is 0 Å². The Hall–Kier alpha value is -1.83. The monoisotopic (exact) mass is 283 g/mol. The minimum Gasteiger partial charge on any atom is -0.477 e. The number of aromatic nitrogens is 1. The summed E-state index contributed by atoms with van der Waals surface area (Å²) in [6.07, 6.45) is -4.80. The predicted molar refractivity (Wildman–Crippen MR) is 64.9 cm³/mol. The van der Waals surface area contributed by atoms with Crippen LogP contribution in [0.15, 0.2) is 24.3 Å². The number of carboxylic acids is 1. The zero-order valence-electron chi connectivity index (χ0n) is 9.23. The highest BCUT2D eigenvalue weighted by Gasteiger charge is 2.39. The molecule has 0 spiro atoms. The van der Waals surface area contributed by atoms with Gasteiger partial charge in [0.15, 0.2) is 5.69 Å². The van der Waals surface area contributed by atoms with Crippen LogP contribution in [-0.4, -0.2) is 23.9 Å². The van der Waals surface area contributed by atoms with Gasteiger partial charge in [0.2, 0.25) is 0 Å². The molecular formula is C11H5BF3NO2S. The molecule has 0 unspecified atom stereocenters. The molecule has 19 heavy (non-hydrogen) atoms. The molecule has 1 aromatic carbocycles. The third kappa shape index (κ3) is 2.78. The number of hydrogen-bond acceptors (Lipinski definition) is 3. The molecular weight excluding hydrogens is 278 g/mol. The minimum atomic E-state index is -4.80. The first-order valence-electron chi connectivity index (χ1n) is 4.96. The van der Waals surface area contributed by atoms with Crippen LogP contribution in [0.25, 0.3) is 10.6 Å². The average molecular weight is 283 g/mol. The van der Waals surface area contributed by atoms with Crippen molar-refractivity contribution >= 4 is 30.6 Å². The molecule has 96 valence electrons. The Bertz CT molecular complexity index is 622. The number of carboxylic acid groups (broad SMARTS) is 1. The molecule has 0 aliphatic carbocycles. The molecule has 0 saturated carbocycles. The van der Waals surface area contributed by atoms with Crippen molar-refractivity contribution in [3.63, 3.8) is 0 Å². The van der Waals surface area contributed by atoms with Crippen LogP contribution in [0.1, 0.15) is 15.4 Å². The summed E-state index contributed by atoms with van der Waals surface area (Å²) in [7, 11) is 5.47. The molecule has 0 fully saturated rings. The van der Waals surface area contributed by atoms with Gasteiger partial charge in [-0.25, -0.2) is 9.78 Å². The molecule has 3 nitrogen and oxygen atoms in total. The molecule has 1 heterocycles. The van der Waals surface area contributed by atoms with E-state index >= 15 is 0 Å². The Balaban J connectivity index is 2.55. The summed E-state index contributed by atoms with van der Waals surface area (Å²) in [5, 5.41) is 8.77. The van der Waals surface area contributed by atoms with Crippen LogP contribution in [0.2, 0.25) is 0 Å². The van der Waals surface area contributed by atoms with E-state index in [2.05, 4.69) is 4.98 Å². The highest BCUT2D eigenvalue weighted by molar-refractivity contribution is 7.17. The van der Waals surface area contributed by atoms with Crippen LogP contribution in [0.3, 0.4) is 0 Å². The smallest absolute Gasteiger partial charge is 0.435 e. The van der Waals surface area contributed by atoms with E-state index in [4.69, 9.17) is 13.0 Å². The fourth-order valence-electron chi connectivity index (χ4n) is 1.41. The molecule has 2 radical (unpaired) electrons. The third-order valence-electron chi connectivity index (χ3n) is 2.25. The minimum absolute atomic E-state index is 0.00951. The van der Waals surface area contributed by atoms with E-state index in [1.807, 2.05) is 0 Å². The van der Waals surface area contributed by atoms with Gasteiger partial charge in [0.05, 0.1) is 0 Å². The summed E-state index contributed by atoms with van der Waals surface area (Å²) in [5.74, 6) is -1.65. The first kappa shape index (κ1) is 13.6. The Morgan fingerprint density at radius 2 is 1.84 bits per heavy atom. The largest absolute Gasteiger partial charge is 0.477 e. The average Bonchev–Trinajstić information content (AvgIpc) is 2.74. The van der Waals surface area contributed by atoms with Crippen LogP contribution in [0.4, 0.5) is 13.2 Å². The fourth-order valence-corrected chi connectivity index (χ4v) is 2.34. The van der Waals surface area contributed by atoms with Gasteiger partial charge in [-0.15, -0.1) is 11.3 Å². The second kappa shape index (κ2) is 4.69. The lowest BCUT2D eigenvalue weighted by atomic mass is 9.95. The second-order valence-electron chi connectivity index (χ2n) is 3.62. The van der Waals surface area contributed by atoms with Crippen molar-refractivity contribution in [1.29, 1.82) is 0 Å². The standard InChI is InChI=1S/C11H5BF3NO2S/c12-6-3-1-5(2-4-6)9-16-8(11(13,14)15)7(19-9)10(17)18/h1-4H,(H,17,18). The van der Waals surface area contributed by atoms with Gasteiger partial charge in [-0.2, -0.15) is 13.2 Å². The van der Waals surface area contributed by atoms with E-state index in [1.165, 1.54) is 24.3 Å². The summed E-state index contributed by atoms with van der Waals surface area (Å²) in [4.78, 5) is 13.4. The van der Waals surface area contributed by atoms with Gasteiger partial charge in [0.1, 0.15) is 17.7 Å².